The summed E-state index contributed by atoms with van der Waals surface area (Å²) in [6, 6.07) is 3.75. The number of pyridine rings is 1. The molecule has 1 aromatic heterocycles. The molecule has 0 saturated heterocycles. The first-order valence-corrected chi connectivity index (χ1v) is 4.74. The van der Waals surface area contributed by atoms with E-state index < -0.39 is 0 Å². The molecule has 0 N–H and O–H groups in total. The van der Waals surface area contributed by atoms with Gasteiger partial charge in [-0.1, -0.05) is 18.2 Å². The molecule has 1 atom stereocenters. The number of carbonyl (C=O) groups excluding carboxylic acids is 1. The van der Waals surface area contributed by atoms with Crippen LogP contribution in [0.25, 0.3) is 6.08 Å². The number of aromatic nitrogens is 1. The van der Waals surface area contributed by atoms with Gasteiger partial charge < -0.3 is 4.74 Å². The van der Waals surface area contributed by atoms with Crippen LogP contribution in [0, 0.1) is 0 Å². The van der Waals surface area contributed by atoms with Crippen LogP contribution in [0.5, 0.6) is 0 Å². The van der Waals surface area contributed by atoms with E-state index in [1.807, 2.05) is 36.4 Å². The Balaban J connectivity index is 2.39. The lowest BCUT2D eigenvalue weighted by Gasteiger charge is -2.13. The van der Waals surface area contributed by atoms with Crippen molar-refractivity contribution in [3.05, 3.63) is 47.8 Å². The predicted molar refractivity (Wildman–Crippen MR) is 56.9 cm³/mol. The van der Waals surface area contributed by atoms with Crippen molar-refractivity contribution in [2.24, 2.45) is 0 Å². The molecule has 0 spiro atoms. The van der Waals surface area contributed by atoms with Crippen molar-refractivity contribution in [2.45, 2.75) is 13.0 Å². The van der Waals surface area contributed by atoms with Crippen LogP contribution in [0.4, 0.5) is 0 Å². The predicted octanol–water partition coefficient (Wildman–Crippen LogP) is 2.27. The number of ether oxygens (including phenoxy) is 1. The van der Waals surface area contributed by atoms with Gasteiger partial charge in [0.15, 0.2) is 0 Å². The van der Waals surface area contributed by atoms with Crippen LogP contribution in [0.15, 0.2) is 36.6 Å². The zero-order chi connectivity index (χ0) is 10.7. The molecule has 0 amide bonds. The lowest BCUT2D eigenvalue weighted by molar-refractivity contribution is -0.144. The number of nitrogens with zero attached hydrogens (tertiary/aromatic N) is 1. The molecule has 0 bridgehead atoms. The third-order valence-corrected chi connectivity index (χ3v) is 2.12. The molecule has 1 aliphatic rings. The molecule has 76 valence electrons. The molecular weight excluding hydrogens is 190 g/mol. The Morgan fingerprint density at radius 1 is 1.47 bits per heavy atom. The van der Waals surface area contributed by atoms with Crippen LogP contribution in [-0.2, 0) is 9.53 Å². The van der Waals surface area contributed by atoms with Crippen molar-refractivity contribution < 1.29 is 9.53 Å². The zero-order valence-corrected chi connectivity index (χ0v) is 8.38. The van der Waals surface area contributed by atoms with Crippen LogP contribution in [0.1, 0.15) is 24.3 Å². The Labute approximate surface area is 88.1 Å². The average Bonchev–Trinajstić information content (AvgIpc) is 2.41. The minimum atomic E-state index is -0.332. The topological polar surface area (TPSA) is 39.2 Å². The number of esters is 1. The largest absolute Gasteiger partial charge is 0.453 e. The summed E-state index contributed by atoms with van der Waals surface area (Å²) in [5.74, 6) is -0.290. The number of fused-ring (bicyclic) bond motifs is 1. The van der Waals surface area contributed by atoms with Gasteiger partial charge >= 0.3 is 5.97 Å². The SMILES string of the molecule is CC(=O)OC1C=CC=Cc2ncccc21. The van der Waals surface area contributed by atoms with Gasteiger partial charge in [-0.25, -0.2) is 0 Å². The number of hydrogen-bond donors (Lipinski definition) is 0. The highest BCUT2D eigenvalue weighted by Gasteiger charge is 2.15. The molecule has 1 aromatic rings. The summed E-state index contributed by atoms with van der Waals surface area (Å²) in [5, 5.41) is 0. The third kappa shape index (κ3) is 2.13. The standard InChI is InChI=1S/C12H11NO2/c1-9(14)15-12-7-3-2-6-11-10(12)5-4-8-13-11/h2-8,12H,1H3. The maximum Gasteiger partial charge on any atom is 0.303 e. The summed E-state index contributed by atoms with van der Waals surface area (Å²) in [6.45, 7) is 1.40. The zero-order valence-electron chi connectivity index (χ0n) is 8.38. The fourth-order valence-electron chi connectivity index (χ4n) is 1.51. The molecule has 0 aromatic carbocycles. The van der Waals surface area contributed by atoms with Crippen molar-refractivity contribution in [2.75, 3.05) is 0 Å². The number of carbonyl (C=O) groups is 1. The van der Waals surface area contributed by atoms with Gasteiger partial charge in [0.05, 0.1) is 5.69 Å². The quantitative estimate of drug-likeness (QED) is 0.654. The van der Waals surface area contributed by atoms with Crippen LogP contribution in [0.2, 0.25) is 0 Å². The van der Waals surface area contributed by atoms with E-state index in [1.165, 1.54) is 6.92 Å². The number of rotatable bonds is 1. The maximum absolute atomic E-state index is 10.9. The van der Waals surface area contributed by atoms with Crippen molar-refractivity contribution in [3.8, 4) is 0 Å². The molecule has 3 heteroatoms. The second-order valence-corrected chi connectivity index (χ2v) is 3.25. The molecule has 0 fully saturated rings. The second kappa shape index (κ2) is 4.09. The molecule has 1 heterocycles. The first kappa shape index (κ1) is 9.65. The van der Waals surface area contributed by atoms with E-state index in [-0.39, 0.29) is 12.1 Å². The summed E-state index contributed by atoms with van der Waals surface area (Å²) in [4.78, 5) is 15.2. The normalized spacial score (nSPS) is 18.1. The Morgan fingerprint density at radius 2 is 2.33 bits per heavy atom. The molecule has 2 rings (SSSR count). The Bertz CT molecular complexity index is 435. The van der Waals surface area contributed by atoms with Gasteiger partial charge in [-0.2, -0.15) is 0 Å². The van der Waals surface area contributed by atoms with E-state index >= 15 is 0 Å². The van der Waals surface area contributed by atoms with Crippen molar-refractivity contribution >= 4 is 12.0 Å². The maximum atomic E-state index is 10.9. The highest BCUT2D eigenvalue weighted by molar-refractivity contribution is 5.67. The summed E-state index contributed by atoms with van der Waals surface area (Å²) in [7, 11) is 0. The van der Waals surface area contributed by atoms with Gasteiger partial charge in [0.25, 0.3) is 0 Å². The first-order valence-electron chi connectivity index (χ1n) is 4.74. The molecule has 0 saturated carbocycles. The van der Waals surface area contributed by atoms with Crippen molar-refractivity contribution in [3.63, 3.8) is 0 Å². The van der Waals surface area contributed by atoms with Crippen molar-refractivity contribution in [1.29, 1.82) is 0 Å². The average molecular weight is 201 g/mol. The Hall–Kier alpha value is -1.90. The second-order valence-electron chi connectivity index (χ2n) is 3.25. The minimum Gasteiger partial charge on any atom is -0.453 e. The van der Waals surface area contributed by atoms with Crippen LogP contribution >= 0.6 is 0 Å². The highest BCUT2D eigenvalue weighted by Crippen LogP contribution is 2.24. The minimum absolute atomic E-state index is 0.290. The summed E-state index contributed by atoms with van der Waals surface area (Å²) >= 11 is 0. The first-order chi connectivity index (χ1) is 7.27. The molecule has 0 aliphatic heterocycles. The molecule has 15 heavy (non-hydrogen) atoms. The van der Waals surface area contributed by atoms with E-state index in [0.29, 0.717) is 0 Å². The van der Waals surface area contributed by atoms with Gasteiger partial charge in [0, 0.05) is 18.7 Å². The molecule has 1 aliphatic carbocycles. The Morgan fingerprint density at radius 3 is 3.13 bits per heavy atom. The van der Waals surface area contributed by atoms with E-state index in [1.54, 1.807) is 6.20 Å². The molecule has 0 radical (unpaired) electrons. The third-order valence-electron chi connectivity index (χ3n) is 2.12. The molecule has 1 unspecified atom stereocenters. The van der Waals surface area contributed by atoms with Gasteiger partial charge in [-0.15, -0.1) is 0 Å². The Kier molecular flexibility index (Phi) is 2.63. The lowest BCUT2D eigenvalue weighted by Crippen LogP contribution is -2.07. The van der Waals surface area contributed by atoms with E-state index in [4.69, 9.17) is 4.74 Å². The number of hydrogen-bond acceptors (Lipinski definition) is 3. The molecule has 3 nitrogen and oxygen atoms in total. The summed E-state index contributed by atoms with van der Waals surface area (Å²) in [6.07, 6.45) is 8.87. The van der Waals surface area contributed by atoms with Crippen molar-refractivity contribution in [1.82, 2.24) is 4.98 Å². The monoisotopic (exact) mass is 201 g/mol. The summed E-state index contributed by atoms with van der Waals surface area (Å²) in [5.41, 5.74) is 1.76. The van der Waals surface area contributed by atoms with Gasteiger partial charge in [0.1, 0.15) is 6.10 Å². The summed E-state index contributed by atoms with van der Waals surface area (Å²) < 4.78 is 5.19. The fourth-order valence-corrected chi connectivity index (χ4v) is 1.51. The smallest absolute Gasteiger partial charge is 0.303 e. The fraction of sp³-hybridized carbons (Fsp3) is 0.167. The van der Waals surface area contributed by atoms with Crippen LogP contribution in [0.3, 0.4) is 0 Å². The van der Waals surface area contributed by atoms with Gasteiger partial charge in [0.2, 0.25) is 0 Å². The van der Waals surface area contributed by atoms with E-state index in [9.17, 15) is 4.79 Å². The van der Waals surface area contributed by atoms with E-state index in [0.717, 1.165) is 11.3 Å². The molecular formula is C12H11NO2. The lowest BCUT2D eigenvalue weighted by atomic mass is 10.1. The number of allylic oxidation sites excluding steroid dienone is 2. The van der Waals surface area contributed by atoms with Gasteiger partial charge in [-0.05, 0) is 18.2 Å². The van der Waals surface area contributed by atoms with E-state index in [2.05, 4.69) is 4.98 Å². The highest BCUT2D eigenvalue weighted by atomic mass is 16.5. The van der Waals surface area contributed by atoms with Gasteiger partial charge in [-0.3, -0.25) is 9.78 Å². The van der Waals surface area contributed by atoms with Crippen LogP contribution < -0.4 is 0 Å². The van der Waals surface area contributed by atoms with Crippen LogP contribution in [-0.4, -0.2) is 11.0 Å².